The van der Waals surface area contributed by atoms with Gasteiger partial charge in [0.25, 0.3) is 0 Å². The quantitative estimate of drug-likeness (QED) is 0.796. The van der Waals surface area contributed by atoms with Crippen LogP contribution in [0.3, 0.4) is 0 Å². The maximum absolute atomic E-state index is 13.0. The molecule has 2 aromatic rings. The summed E-state index contributed by atoms with van der Waals surface area (Å²) in [5.74, 6) is 2.63. The SMILES string of the molecule is FC(F)(F)c1ccccc1OCCn1nc(C2CC2)nc1C1CC1. The standard InChI is InChI=1S/C17H18F3N3O/c18-17(19,20)13-3-1-2-4-14(13)24-10-9-23-16(12-7-8-12)21-15(22-23)11-5-6-11/h1-4,11-12H,5-10H2. The van der Waals surface area contributed by atoms with Crippen molar-refractivity contribution in [1.82, 2.24) is 14.8 Å². The fourth-order valence-corrected chi connectivity index (χ4v) is 2.76. The van der Waals surface area contributed by atoms with Crippen LogP contribution in [0.2, 0.25) is 0 Å². The normalized spacial score (nSPS) is 18.0. The summed E-state index contributed by atoms with van der Waals surface area (Å²) in [5.41, 5.74) is -0.746. The van der Waals surface area contributed by atoms with Crippen molar-refractivity contribution in [2.75, 3.05) is 6.61 Å². The van der Waals surface area contributed by atoms with Crippen LogP contribution in [0.4, 0.5) is 13.2 Å². The van der Waals surface area contributed by atoms with Crippen LogP contribution >= 0.6 is 0 Å². The number of rotatable bonds is 6. The molecule has 0 amide bonds. The Kier molecular flexibility index (Phi) is 3.73. The first-order chi connectivity index (χ1) is 11.5. The number of benzene rings is 1. The van der Waals surface area contributed by atoms with Crippen LogP contribution < -0.4 is 4.74 Å². The molecular weight excluding hydrogens is 319 g/mol. The van der Waals surface area contributed by atoms with Crippen molar-refractivity contribution in [1.29, 1.82) is 0 Å². The van der Waals surface area contributed by atoms with Crippen LogP contribution in [0.15, 0.2) is 24.3 Å². The molecule has 0 N–H and O–H groups in total. The number of para-hydroxylation sites is 1. The third-order valence-corrected chi connectivity index (χ3v) is 4.35. The van der Waals surface area contributed by atoms with E-state index in [1.54, 1.807) is 6.07 Å². The monoisotopic (exact) mass is 337 g/mol. The van der Waals surface area contributed by atoms with Crippen LogP contribution in [0.5, 0.6) is 5.75 Å². The molecule has 1 aromatic heterocycles. The average molecular weight is 337 g/mol. The first kappa shape index (κ1) is 15.5. The van der Waals surface area contributed by atoms with Crippen LogP contribution in [0.25, 0.3) is 0 Å². The summed E-state index contributed by atoms with van der Waals surface area (Å²) < 4.78 is 46.1. The highest BCUT2D eigenvalue weighted by atomic mass is 19.4. The molecule has 0 spiro atoms. The Morgan fingerprint density at radius 2 is 1.79 bits per heavy atom. The lowest BCUT2D eigenvalue weighted by atomic mass is 10.2. The van der Waals surface area contributed by atoms with Crippen molar-refractivity contribution in [2.45, 2.75) is 50.2 Å². The molecule has 4 rings (SSSR count). The Labute approximate surface area is 137 Å². The second-order valence-corrected chi connectivity index (χ2v) is 6.44. The zero-order valence-electron chi connectivity index (χ0n) is 13.1. The first-order valence-corrected chi connectivity index (χ1v) is 8.26. The minimum absolute atomic E-state index is 0.138. The third kappa shape index (κ3) is 3.25. The second-order valence-electron chi connectivity index (χ2n) is 6.44. The van der Waals surface area contributed by atoms with Crippen molar-refractivity contribution >= 4 is 0 Å². The predicted octanol–water partition coefficient (Wildman–Crippen LogP) is 4.13. The van der Waals surface area contributed by atoms with Gasteiger partial charge in [0.1, 0.15) is 18.2 Å². The van der Waals surface area contributed by atoms with Crippen molar-refractivity contribution in [3.8, 4) is 5.75 Å². The number of ether oxygens (including phenoxy) is 1. The number of hydrogen-bond donors (Lipinski definition) is 0. The molecule has 2 aliphatic rings. The Morgan fingerprint density at radius 1 is 1.08 bits per heavy atom. The predicted molar refractivity (Wildman–Crippen MR) is 80.9 cm³/mol. The Morgan fingerprint density at radius 3 is 2.46 bits per heavy atom. The number of halogens is 3. The van der Waals surface area contributed by atoms with E-state index in [1.165, 1.54) is 12.1 Å². The maximum atomic E-state index is 13.0. The lowest BCUT2D eigenvalue weighted by Gasteiger charge is -2.14. The van der Waals surface area contributed by atoms with Gasteiger partial charge in [0.15, 0.2) is 5.82 Å². The zero-order chi connectivity index (χ0) is 16.7. The fourth-order valence-electron chi connectivity index (χ4n) is 2.76. The smallest absolute Gasteiger partial charge is 0.419 e. The van der Waals surface area contributed by atoms with Gasteiger partial charge >= 0.3 is 6.18 Å². The van der Waals surface area contributed by atoms with E-state index in [0.717, 1.165) is 43.4 Å². The molecule has 1 aromatic carbocycles. The molecule has 4 nitrogen and oxygen atoms in total. The summed E-state index contributed by atoms with van der Waals surface area (Å²) in [6.45, 7) is 0.554. The van der Waals surface area contributed by atoms with Crippen molar-refractivity contribution < 1.29 is 17.9 Å². The molecule has 0 atom stereocenters. The molecule has 0 aliphatic heterocycles. The molecule has 24 heavy (non-hydrogen) atoms. The van der Waals surface area contributed by atoms with Crippen molar-refractivity contribution in [3.63, 3.8) is 0 Å². The van der Waals surface area contributed by atoms with E-state index in [1.807, 2.05) is 4.68 Å². The lowest BCUT2D eigenvalue weighted by molar-refractivity contribution is -0.139. The highest BCUT2D eigenvalue weighted by Gasteiger charge is 2.35. The Balaban J connectivity index is 1.45. The van der Waals surface area contributed by atoms with E-state index >= 15 is 0 Å². The number of aromatic nitrogens is 3. The van der Waals surface area contributed by atoms with Crippen LogP contribution in [-0.4, -0.2) is 21.4 Å². The van der Waals surface area contributed by atoms with Gasteiger partial charge in [0.2, 0.25) is 0 Å². The molecule has 2 fully saturated rings. The van der Waals surface area contributed by atoms with Gasteiger partial charge in [-0.25, -0.2) is 9.67 Å². The molecule has 2 aliphatic carbocycles. The molecular formula is C17H18F3N3O. The van der Waals surface area contributed by atoms with Gasteiger partial charge in [0, 0.05) is 11.8 Å². The van der Waals surface area contributed by atoms with Crippen molar-refractivity contribution in [3.05, 3.63) is 41.5 Å². The highest BCUT2D eigenvalue weighted by Crippen LogP contribution is 2.42. The summed E-state index contributed by atoms with van der Waals surface area (Å²) in [5, 5.41) is 4.54. The summed E-state index contributed by atoms with van der Waals surface area (Å²) >= 11 is 0. The molecule has 2 saturated carbocycles. The molecule has 0 bridgehead atoms. The highest BCUT2D eigenvalue weighted by molar-refractivity contribution is 5.35. The van der Waals surface area contributed by atoms with E-state index in [2.05, 4.69) is 10.1 Å². The Bertz CT molecular complexity index is 733. The van der Waals surface area contributed by atoms with Crippen LogP contribution in [0.1, 0.15) is 54.7 Å². The number of nitrogens with zero attached hydrogens (tertiary/aromatic N) is 3. The number of alkyl halides is 3. The van der Waals surface area contributed by atoms with Gasteiger partial charge in [-0.1, -0.05) is 12.1 Å². The summed E-state index contributed by atoms with van der Waals surface area (Å²) in [6, 6.07) is 5.29. The van der Waals surface area contributed by atoms with E-state index < -0.39 is 11.7 Å². The summed E-state index contributed by atoms with van der Waals surface area (Å²) in [6.07, 6.45) is 0.0659. The van der Waals surface area contributed by atoms with Gasteiger partial charge in [-0.2, -0.15) is 18.3 Å². The van der Waals surface area contributed by atoms with Gasteiger partial charge in [0.05, 0.1) is 12.1 Å². The minimum atomic E-state index is -4.41. The molecule has 1 heterocycles. The van der Waals surface area contributed by atoms with E-state index in [-0.39, 0.29) is 12.4 Å². The first-order valence-electron chi connectivity index (χ1n) is 8.26. The second kappa shape index (κ2) is 5.79. The molecule has 128 valence electrons. The largest absolute Gasteiger partial charge is 0.491 e. The lowest BCUT2D eigenvalue weighted by Crippen LogP contribution is -2.14. The maximum Gasteiger partial charge on any atom is 0.419 e. The van der Waals surface area contributed by atoms with Gasteiger partial charge < -0.3 is 4.74 Å². The van der Waals surface area contributed by atoms with E-state index in [0.29, 0.717) is 18.4 Å². The number of hydrogen-bond acceptors (Lipinski definition) is 3. The molecule has 0 unspecified atom stereocenters. The van der Waals surface area contributed by atoms with Crippen LogP contribution in [-0.2, 0) is 12.7 Å². The summed E-state index contributed by atoms with van der Waals surface area (Å²) in [4.78, 5) is 4.63. The Hall–Kier alpha value is -2.05. The summed E-state index contributed by atoms with van der Waals surface area (Å²) in [7, 11) is 0. The average Bonchev–Trinajstić information content (AvgIpc) is 3.46. The van der Waals surface area contributed by atoms with E-state index in [4.69, 9.17) is 4.74 Å². The molecule has 0 saturated heterocycles. The molecule has 0 radical (unpaired) electrons. The van der Waals surface area contributed by atoms with Crippen LogP contribution in [0, 0.1) is 0 Å². The van der Waals surface area contributed by atoms with Crippen molar-refractivity contribution in [2.24, 2.45) is 0 Å². The van der Waals surface area contributed by atoms with E-state index in [9.17, 15) is 13.2 Å². The minimum Gasteiger partial charge on any atom is -0.491 e. The van der Waals surface area contributed by atoms with Gasteiger partial charge in [-0.15, -0.1) is 0 Å². The fraction of sp³-hybridized carbons (Fsp3) is 0.529. The van der Waals surface area contributed by atoms with Gasteiger partial charge in [-0.3, -0.25) is 0 Å². The topological polar surface area (TPSA) is 39.9 Å². The molecule has 7 heteroatoms. The van der Waals surface area contributed by atoms with Gasteiger partial charge in [-0.05, 0) is 37.8 Å². The zero-order valence-corrected chi connectivity index (χ0v) is 13.1. The third-order valence-electron chi connectivity index (χ3n) is 4.35.